The lowest BCUT2D eigenvalue weighted by Gasteiger charge is -2.53. The summed E-state index contributed by atoms with van der Waals surface area (Å²) in [7, 11) is 1.58. The topological polar surface area (TPSA) is 119 Å². The average Bonchev–Trinajstić information content (AvgIpc) is 2.94. The third-order valence-corrected chi connectivity index (χ3v) is 8.50. The summed E-state index contributed by atoms with van der Waals surface area (Å²) in [5, 5.41) is 12.2. The van der Waals surface area contributed by atoms with Crippen LogP contribution < -0.4 is 24.9 Å². The number of ether oxygens (including phenoxy) is 3. The highest BCUT2D eigenvalue weighted by Crippen LogP contribution is 2.34. The zero-order valence-electron chi connectivity index (χ0n) is 23.6. The van der Waals surface area contributed by atoms with Gasteiger partial charge in [0.1, 0.15) is 25.1 Å². The van der Waals surface area contributed by atoms with Crippen LogP contribution in [0.3, 0.4) is 0 Å². The van der Waals surface area contributed by atoms with Gasteiger partial charge in [-0.25, -0.2) is 0 Å². The Hall–Kier alpha value is -3.86. The molecule has 2 aliphatic rings. The number of quaternary nitrogens is 1. The number of likely N-dealkylation sites (tertiary alicyclic amines) is 1. The van der Waals surface area contributed by atoms with Gasteiger partial charge in [0.2, 0.25) is 0 Å². The van der Waals surface area contributed by atoms with Crippen LogP contribution in [-0.4, -0.2) is 81.5 Å². The third kappa shape index (κ3) is 5.42. The first-order valence-electron chi connectivity index (χ1n) is 13.7. The molecule has 1 saturated heterocycles. The summed E-state index contributed by atoms with van der Waals surface area (Å²) in [6.07, 6.45) is 3.38. The zero-order valence-corrected chi connectivity index (χ0v) is 23.6. The fourth-order valence-electron chi connectivity index (χ4n) is 5.97. The lowest BCUT2D eigenvalue weighted by molar-refractivity contribution is -0.975. The number of carboxylic acid groups (broad SMARTS) is 1. The lowest BCUT2D eigenvalue weighted by Crippen LogP contribution is -2.66. The molecule has 214 valence electrons. The first-order chi connectivity index (χ1) is 19.1. The minimum atomic E-state index is -1.21. The molecule has 1 fully saturated rings. The highest BCUT2D eigenvalue weighted by atomic mass is 16.6. The molecule has 2 aliphatic heterocycles. The Kier molecular flexibility index (Phi) is 7.59. The van der Waals surface area contributed by atoms with E-state index < -0.39 is 6.09 Å². The predicted octanol–water partition coefficient (Wildman–Crippen LogP) is 2.19. The molecule has 5 heterocycles. The molecule has 0 bridgehead atoms. The molecular weight excluding hydrogens is 514 g/mol. The fraction of sp³-hybridized carbons (Fsp3) is 0.517. The number of rotatable bonds is 7. The first-order valence-corrected chi connectivity index (χ1v) is 13.7. The molecule has 0 atom stereocenters. The van der Waals surface area contributed by atoms with Crippen LogP contribution in [0.5, 0.6) is 17.2 Å². The van der Waals surface area contributed by atoms with Crippen molar-refractivity contribution in [3.63, 3.8) is 0 Å². The van der Waals surface area contributed by atoms with Gasteiger partial charge in [-0.1, -0.05) is 0 Å². The van der Waals surface area contributed by atoms with E-state index >= 15 is 0 Å². The van der Waals surface area contributed by atoms with E-state index in [0.29, 0.717) is 55.5 Å². The van der Waals surface area contributed by atoms with Crippen molar-refractivity contribution in [3.05, 3.63) is 52.7 Å². The molecule has 0 radical (unpaired) electrons. The van der Waals surface area contributed by atoms with Gasteiger partial charge in [0.25, 0.3) is 5.56 Å². The summed E-state index contributed by atoms with van der Waals surface area (Å²) in [5.74, 6) is 1.75. The predicted molar refractivity (Wildman–Crippen MR) is 146 cm³/mol. The molecular formula is C29H37N5O6. The van der Waals surface area contributed by atoms with Gasteiger partial charge >= 0.3 is 0 Å². The van der Waals surface area contributed by atoms with Crippen LogP contribution in [0.25, 0.3) is 11.0 Å². The van der Waals surface area contributed by atoms with Crippen LogP contribution in [0.4, 0.5) is 4.79 Å². The van der Waals surface area contributed by atoms with E-state index in [2.05, 4.69) is 30.7 Å². The quantitative estimate of drug-likeness (QED) is 0.410. The lowest BCUT2D eigenvalue weighted by atomic mass is 9.92. The molecule has 0 spiro atoms. The van der Waals surface area contributed by atoms with Crippen LogP contribution in [-0.2, 0) is 13.1 Å². The number of nitrogens with zero attached hydrogens (tertiary/aromatic N) is 5. The monoisotopic (exact) mass is 551 g/mol. The number of amides is 1. The number of methoxy groups -OCH3 is 1. The Bertz CT molecular complexity index is 1440. The molecule has 11 nitrogen and oxygen atoms in total. The molecule has 0 aromatic carbocycles. The Balaban J connectivity index is 1.33. The fourth-order valence-corrected chi connectivity index (χ4v) is 5.97. The van der Waals surface area contributed by atoms with Crippen LogP contribution >= 0.6 is 0 Å². The molecule has 3 aromatic rings. The van der Waals surface area contributed by atoms with Crippen molar-refractivity contribution in [2.24, 2.45) is 0 Å². The van der Waals surface area contributed by atoms with Gasteiger partial charge < -0.3 is 38.1 Å². The van der Waals surface area contributed by atoms with Crippen molar-refractivity contribution < 1.29 is 28.6 Å². The summed E-state index contributed by atoms with van der Waals surface area (Å²) < 4.78 is 19.1. The molecule has 5 rings (SSSR count). The van der Waals surface area contributed by atoms with Crippen LogP contribution in [0, 0.1) is 0 Å². The third-order valence-electron chi connectivity index (χ3n) is 8.50. The number of hydrogen-bond acceptors (Lipinski definition) is 8. The average molecular weight is 552 g/mol. The van der Waals surface area contributed by atoms with Crippen LogP contribution in [0.15, 0.2) is 41.5 Å². The van der Waals surface area contributed by atoms with Gasteiger partial charge in [-0.15, -0.1) is 0 Å². The molecule has 0 N–H and O–H groups in total. The van der Waals surface area contributed by atoms with Crippen molar-refractivity contribution >= 4 is 17.1 Å². The summed E-state index contributed by atoms with van der Waals surface area (Å²) in [6.45, 7) is 10.4. The second kappa shape index (κ2) is 11.0. The van der Waals surface area contributed by atoms with Crippen LogP contribution in [0.2, 0.25) is 0 Å². The van der Waals surface area contributed by atoms with Crippen molar-refractivity contribution in [2.75, 3.05) is 40.0 Å². The van der Waals surface area contributed by atoms with E-state index in [4.69, 9.17) is 14.2 Å². The molecule has 3 aromatic heterocycles. The number of piperidine rings is 1. The maximum Gasteiger partial charge on any atom is 0.251 e. The number of pyridine rings is 3. The van der Waals surface area contributed by atoms with Gasteiger partial charge in [-0.2, -0.15) is 0 Å². The molecule has 0 aliphatic carbocycles. The molecule has 1 amide bonds. The summed E-state index contributed by atoms with van der Waals surface area (Å²) in [4.78, 5) is 35.4. The Morgan fingerprint density at radius 2 is 1.85 bits per heavy atom. The molecule has 11 heteroatoms. The number of aromatic nitrogens is 3. The van der Waals surface area contributed by atoms with E-state index in [1.807, 2.05) is 6.07 Å². The van der Waals surface area contributed by atoms with Gasteiger partial charge in [-0.3, -0.25) is 14.8 Å². The molecule has 0 saturated carbocycles. The van der Waals surface area contributed by atoms with Gasteiger partial charge in [0.05, 0.1) is 74.5 Å². The number of fused-ring (bicyclic) bond motifs is 2. The van der Waals surface area contributed by atoms with Crippen molar-refractivity contribution in [1.82, 2.24) is 19.4 Å². The maximum atomic E-state index is 12.9. The Labute approximate surface area is 233 Å². The molecule has 40 heavy (non-hydrogen) atoms. The Morgan fingerprint density at radius 3 is 2.52 bits per heavy atom. The standard InChI is InChI=1S/C29H37N5O6/c1-29(2,3)34(12-9-32-24-16-22(38-4)17-31-23(24)5-6-27(32)35)10-7-21(8-11-34)33(28(36)37)19-20-15-25-26(18-30-20)40-14-13-39-25/h5-6,15-18,21H,7-14,19H2,1-4H3. The van der Waals surface area contributed by atoms with E-state index in [1.165, 1.54) is 4.90 Å². The van der Waals surface area contributed by atoms with Gasteiger partial charge in [0.15, 0.2) is 11.5 Å². The minimum absolute atomic E-state index is 0.0837. The molecule has 0 unspecified atom stereocenters. The summed E-state index contributed by atoms with van der Waals surface area (Å²) >= 11 is 0. The summed E-state index contributed by atoms with van der Waals surface area (Å²) in [6, 6.07) is 6.69. The van der Waals surface area contributed by atoms with Crippen molar-refractivity contribution in [2.45, 2.75) is 58.3 Å². The number of hydrogen-bond donors (Lipinski definition) is 0. The highest BCUT2D eigenvalue weighted by Gasteiger charge is 2.44. The van der Waals surface area contributed by atoms with Gasteiger partial charge in [0, 0.05) is 37.1 Å². The number of carbonyl (C=O) groups excluding carboxylic acids is 1. The van der Waals surface area contributed by atoms with Crippen molar-refractivity contribution in [3.8, 4) is 17.2 Å². The second-order valence-corrected chi connectivity index (χ2v) is 11.5. The largest absolute Gasteiger partial charge is 0.530 e. The number of carbonyl (C=O) groups is 1. The maximum absolute atomic E-state index is 12.9. The van der Waals surface area contributed by atoms with Gasteiger partial charge in [-0.05, 0) is 26.8 Å². The summed E-state index contributed by atoms with van der Waals surface area (Å²) in [5.41, 5.74) is 1.87. The minimum Gasteiger partial charge on any atom is -0.530 e. The van der Waals surface area contributed by atoms with E-state index in [-0.39, 0.29) is 23.7 Å². The smallest absolute Gasteiger partial charge is 0.251 e. The van der Waals surface area contributed by atoms with Crippen LogP contribution in [0.1, 0.15) is 39.3 Å². The van der Waals surface area contributed by atoms with E-state index in [1.54, 1.807) is 42.3 Å². The highest BCUT2D eigenvalue weighted by molar-refractivity contribution is 5.75. The van der Waals surface area contributed by atoms with Crippen molar-refractivity contribution in [1.29, 1.82) is 0 Å². The second-order valence-electron chi connectivity index (χ2n) is 11.5. The first kappa shape index (κ1) is 27.7. The Morgan fingerprint density at radius 1 is 1.12 bits per heavy atom. The van der Waals surface area contributed by atoms with E-state index in [0.717, 1.165) is 35.2 Å². The zero-order chi connectivity index (χ0) is 28.5. The van der Waals surface area contributed by atoms with E-state index in [9.17, 15) is 14.7 Å². The SMILES string of the molecule is COc1cnc2ccc(=O)n(CC[N+]3(C(C)(C)C)CCC(N(Cc4cc5c(cn4)OCCO5)C(=O)[O-])CC3)c2c1. The normalized spacial score (nSPS) is 20.8.